The third kappa shape index (κ3) is 5.29. The van der Waals surface area contributed by atoms with Gasteiger partial charge in [-0.2, -0.15) is 0 Å². The van der Waals surface area contributed by atoms with Crippen LogP contribution < -0.4 is 13.7 Å². The summed E-state index contributed by atoms with van der Waals surface area (Å²) in [6, 6.07) is 0. The first-order chi connectivity index (χ1) is 12.1. The number of aromatic nitrogens is 6. The second-order valence-corrected chi connectivity index (χ2v) is 6.79. The maximum atomic E-state index is 2.54. The van der Waals surface area contributed by atoms with Gasteiger partial charge in [-0.15, -0.1) is 0 Å². The molecule has 0 N–H and O–H groups in total. The number of aryl methyl sites for hydroxylation is 3. The van der Waals surface area contributed by atoms with Crippen LogP contribution in [0.2, 0.25) is 0 Å². The Kier molecular flexibility index (Phi) is 5.65. The van der Waals surface area contributed by atoms with Crippen LogP contribution in [-0.4, -0.2) is 38.2 Å². The second kappa shape index (κ2) is 8.11. The van der Waals surface area contributed by atoms with Crippen LogP contribution in [0.3, 0.4) is 0 Å². The van der Waals surface area contributed by atoms with Gasteiger partial charge in [0.1, 0.15) is 56.8 Å². The lowest BCUT2D eigenvalue weighted by atomic mass is 10.4. The molecule has 0 amide bonds. The Morgan fingerprint density at radius 1 is 0.600 bits per heavy atom. The maximum absolute atomic E-state index is 2.54. The third-order valence-electron chi connectivity index (χ3n) is 4.49. The molecule has 7 heteroatoms. The van der Waals surface area contributed by atoms with E-state index in [9.17, 15) is 0 Å². The van der Waals surface area contributed by atoms with Gasteiger partial charge in [-0.1, -0.05) is 0 Å². The van der Waals surface area contributed by atoms with Crippen LogP contribution in [0.15, 0.2) is 56.2 Å². The molecule has 0 spiro atoms. The van der Waals surface area contributed by atoms with Gasteiger partial charge >= 0.3 is 0 Å². The first kappa shape index (κ1) is 17.4. The van der Waals surface area contributed by atoms with Crippen molar-refractivity contribution in [1.29, 1.82) is 0 Å². The van der Waals surface area contributed by atoms with Crippen LogP contribution in [0.4, 0.5) is 0 Å². The number of hydrogen-bond donors (Lipinski definition) is 0. The van der Waals surface area contributed by atoms with Gasteiger partial charge < -0.3 is 0 Å². The highest BCUT2D eigenvalue weighted by atomic mass is 15.2. The quantitative estimate of drug-likeness (QED) is 0.471. The van der Waals surface area contributed by atoms with E-state index in [2.05, 4.69) is 110 Å². The first-order valence-electron chi connectivity index (χ1n) is 8.84. The summed E-state index contributed by atoms with van der Waals surface area (Å²) in [6.45, 7) is 6.19. The normalized spacial score (nSPS) is 11.5. The van der Waals surface area contributed by atoms with Gasteiger partial charge in [-0.05, 0) is 0 Å². The highest BCUT2D eigenvalue weighted by molar-refractivity contribution is 4.72. The molecule has 0 unspecified atom stereocenters. The van der Waals surface area contributed by atoms with E-state index < -0.39 is 0 Å². The van der Waals surface area contributed by atoms with Crippen molar-refractivity contribution in [2.45, 2.75) is 19.6 Å². The Labute approximate surface area is 149 Å². The Hall–Kier alpha value is -2.41. The van der Waals surface area contributed by atoms with E-state index in [1.165, 1.54) is 0 Å². The van der Waals surface area contributed by atoms with Gasteiger partial charge in [0.05, 0.1) is 21.1 Å². The molecule has 0 saturated heterocycles. The summed E-state index contributed by atoms with van der Waals surface area (Å²) < 4.78 is 13.0. The number of hydrogen-bond acceptors (Lipinski definition) is 1. The van der Waals surface area contributed by atoms with Crippen molar-refractivity contribution in [3.8, 4) is 0 Å². The summed E-state index contributed by atoms with van der Waals surface area (Å²) in [6.07, 6.45) is 19.1. The molecular weight excluding hydrogens is 314 g/mol. The largest absolute Gasteiger partial charge is 0.292 e. The average molecular weight is 344 g/mol. The molecule has 3 aromatic rings. The minimum Gasteiger partial charge on any atom is -0.292 e. The molecular formula is C18H30N7+3. The van der Waals surface area contributed by atoms with Crippen LogP contribution in [0.1, 0.15) is 0 Å². The molecule has 0 bridgehead atoms. The van der Waals surface area contributed by atoms with Crippen molar-refractivity contribution >= 4 is 0 Å². The molecule has 0 radical (unpaired) electrons. The third-order valence-corrected chi connectivity index (χ3v) is 4.49. The molecule has 25 heavy (non-hydrogen) atoms. The van der Waals surface area contributed by atoms with Crippen molar-refractivity contribution in [3.05, 3.63) is 56.2 Å². The Balaban J connectivity index is 1.55. The molecule has 7 nitrogen and oxygen atoms in total. The van der Waals surface area contributed by atoms with Gasteiger partial charge in [0.25, 0.3) is 0 Å². The van der Waals surface area contributed by atoms with E-state index in [1.807, 2.05) is 0 Å². The van der Waals surface area contributed by atoms with Crippen LogP contribution in [0.5, 0.6) is 0 Å². The summed E-state index contributed by atoms with van der Waals surface area (Å²) in [4.78, 5) is 2.54. The van der Waals surface area contributed by atoms with Gasteiger partial charge in [0.15, 0.2) is 0 Å². The van der Waals surface area contributed by atoms with Gasteiger partial charge in [-0.3, -0.25) is 4.90 Å². The summed E-state index contributed by atoms with van der Waals surface area (Å²) >= 11 is 0. The molecule has 0 atom stereocenters. The van der Waals surface area contributed by atoms with Crippen molar-refractivity contribution in [3.63, 3.8) is 0 Å². The molecule has 3 rings (SSSR count). The van der Waals surface area contributed by atoms with E-state index in [-0.39, 0.29) is 0 Å². The monoisotopic (exact) mass is 344 g/mol. The predicted molar refractivity (Wildman–Crippen MR) is 93.3 cm³/mol. The fourth-order valence-electron chi connectivity index (χ4n) is 3.01. The van der Waals surface area contributed by atoms with Crippen molar-refractivity contribution in [1.82, 2.24) is 18.6 Å². The smallest absolute Gasteiger partial charge is 0.243 e. The van der Waals surface area contributed by atoms with E-state index >= 15 is 0 Å². The average Bonchev–Trinajstić information content (AvgIpc) is 3.29. The molecule has 3 aromatic heterocycles. The summed E-state index contributed by atoms with van der Waals surface area (Å²) in [7, 11) is 6.19. The predicted octanol–water partition coefficient (Wildman–Crippen LogP) is -0.733. The van der Waals surface area contributed by atoms with Crippen molar-refractivity contribution in [2.75, 3.05) is 19.6 Å². The number of nitrogens with zero attached hydrogens (tertiary/aromatic N) is 7. The number of rotatable bonds is 9. The molecule has 0 aliphatic heterocycles. The van der Waals surface area contributed by atoms with Crippen LogP contribution in [0, 0.1) is 0 Å². The van der Waals surface area contributed by atoms with E-state index in [0.29, 0.717) is 0 Å². The zero-order valence-electron chi connectivity index (χ0n) is 15.6. The summed E-state index contributed by atoms with van der Waals surface area (Å²) in [5.41, 5.74) is 0. The highest BCUT2D eigenvalue weighted by Gasteiger charge is 2.12. The molecule has 3 heterocycles. The molecule has 0 aliphatic rings. The van der Waals surface area contributed by atoms with Crippen LogP contribution in [-0.2, 0) is 40.8 Å². The van der Waals surface area contributed by atoms with Crippen molar-refractivity contribution in [2.24, 2.45) is 21.1 Å². The zero-order chi connectivity index (χ0) is 17.6. The summed E-state index contributed by atoms with van der Waals surface area (Å²) in [5, 5.41) is 0. The molecule has 0 fully saturated rings. The van der Waals surface area contributed by atoms with E-state index in [4.69, 9.17) is 0 Å². The second-order valence-electron chi connectivity index (χ2n) is 6.79. The van der Waals surface area contributed by atoms with Gasteiger partial charge in [0, 0.05) is 19.6 Å². The van der Waals surface area contributed by atoms with Gasteiger partial charge in [0.2, 0.25) is 19.0 Å². The standard InChI is InChI=1S/C18H30N7/c1-19-4-7-23(16-19)13-10-22(11-14-24-8-5-20(2)17-24)12-15-25-9-6-21(3)18-25/h4-9,16-18H,10-15H2,1-3H3/q+3. The fourth-order valence-corrected chi connectivity index (χ4v) is 3.01. The van der Waals surface area contributed by atoms with E-state index in [1.54, 1.807) is 0 Å². The molecule has 134 valence electrons. The minimum absolute atomic E-state index is 1.01. The highest BCUT2D eigenvalue weighted by Crippen LogP contribution is 1.97. The lowest BCUT2D eigenvalue weighted by molar-refractivity contribution is -0.671. The maximum Gasteiger partial charge on any atom is 0.243 e. The van der Waals surface area contributed by atoms with Crippen molar-refractivity contribution < 1.29 is 13.7 Å². The summed E-state index contributed by atoms with van der Waals surface area (Å²) in [5.74, 6) is 0. The molecule has 0 aliphatic carbocycles. The lowest BCUT2D eigenvalue weighted by Gasteiger charge is -2.19. The molecule has 0 saturated carbocycles. The van der Waals surface area contributed by atoms with E-state index in [0.717, 1.165) is 39.3 Å². The minimum atomic E-state index is 1.01. The van der Waals surface area contributed by atoms with Crippen LogP contribution >= 0.6 is 0 Å². The Bertz CT molecular complexity index is 678. The topological polar surface area (TPSA) is 29.7 Å². The van der Waals surface area contributed by atoms with Gasteiger partial charge in [-0.25, -0.2) is 27.4 Å². The SMILES string of the molecule is C[n+]1ccn(CCN(CCn2cc[n+](C)c2)CCn2cc[n+](C)c2)c1. The zero-order valence-corrected chi connectivity index (χ0v) is 15.6. The fraction of sp³-hybridized carbons (Fsp3) is 0.500. The molecule has 0 aromatic carbocycles. The van der Waals surface area contributed by atoms with Crippen LogP contribution in [0.25, 0.3) is 0 Å². The lowest BCUT2D eigenvalue weighted by Crippen LogP contribution is -2.34. The number of imidazole rings is 3. The Morgan fingerprint density at radius 2 is 0.920 bits per heavy atom. The Morgan fingerprint density at radius 3 is 1.16 bits per heavy atom. The first-order valence-corrected chi connectivity index (χ1v) is 8.84.